The van der Waals surface area contributed by atoms with Gasteiger partial charge in [0.1, 0.15) is 23.2 Å². The van der Waals surface area contributed by atoms with Crippen molar-refractivity contribution in [2.75, 3.05) is 0 Å². The molecule has 148 valence electrons. The molecular weight excluding hydrogens is 363 g/mol. The number of ketones is 1. The van der Waals surface area contributed by atoms with Gasteiger partial charge >= 0.3 is 0 Å². The topological polar surface area (TPSA) is 92.3 Å². The first-order chi connectivity index (χ1) is 13.3. The predicted octanol–water partition coefficient (Wildman–Crippen LogP) is 3.88. The van der Waals surface area contributed by atoms with Crippen LogP contribution in [0.15, 0.2) is 29.1 Å². The summed E-state index contributed by atoms with van der Waals surface area (Å²) in [6, 6.07) is 6.67. The van der Waals surface area contributed by atoms with E-state index in [4.69, 9.17) is 4.74 Å². The molecule has 1 aromatic heterocycles. The Morgan fingerprint density at radius 2 is 1.89 bits per heavy atom. The number of aromatic hydroxyl groups is 1. The molecule has 2 rings (SSSR count). The number of carbonyl (C=O) groups is 1. The van der Waals surface area contributed by atoms with Gasteiger partial charge in [0.2, 0.25) is 11.7 Å². The van der Waals surface area contributed by atoms with Crippen molar-refractivity contribution in [1.82, 2.24) is 4.57 Å². The lowest BCUT2D eigenvalue weighted by Crippen LogP contribution is -2.33. The van der Waals surface area contributed by atoms with Crippen molar-refractivity contribution < 1.29 is 19.0 Å². The largest absolute Gasteiger partial charge is 0.494 e. The number of Topliss-reactive ketones (excluding diaryl/α,β-unsaturated/α-hetero) is 1. The third kappa shape index (κ3) is 3.91. The van der Waals surface area contributed by atoms with Crippen LogP contribution in [0, 0.1) is 24.1 Å². The number of pyridine rings is 1. The molecule has 1 N–H and O–H groups in total. The zero-order valence-corrected chi connectivity index (χ0v) is 16.3. The molecule has 0 aliphatic rings. The summed E-state index contributed by atoms with van der Waals surface area (Å²) in [4.78, 5) is 25.7. The molecule has 0 spiro atoms. The number of rotatable bonds is 7. The SMILES string of the molecule is CCC(Oc1ccc(F)cc1)C(=O)c1c(C)c(C#N)c(=O)n(C(C)CC)c1O. The molecule has 7 heteroatoms. The molecule has 0 saturated heterocycles. The molecule has 1 aromatic carbocycles. The minimum Gasteiger partial charge on any atom is -0.494 e. The van der Waals surface area contributed by atoms with Gasteiger partial charge in [-0.1, -0.05) is 13.8 Å². The number of ether oxygens (including phenoxy) is 1. The van der Waals surface area contributed by atoms with Crippen LogP contribution in [-0.2, 0) is 0 Å². The van der Waals surface area contributed by atoms with Gasteiger partial charge in [-0.2, -0.15) is 5.26 Å². The van der Waals surface area contributed by atoms with Gasteiger partial charge in [-0.05, 0) is 56.5 Å². The first kappa shape index (κ1) is 21.2. The highest BCUT2D eigenvalue weighted by Gasteiger charge is 2.30. The van der Waals surface area contributed by atoms with E-state index in [1.165, 1.54) is 31.2 Å². The van der Waals surface area contributed by atoms with Crippen molar-refractivity contribution in [3.63, 3.8) is 0 Å². The smallest absolute Gasteiger partial charge is 0.271 e. The molecule has 28 heavy (non-hydrogen) atoms. The fourth-order valence-corrected chi connectivity index (χ4v) is 2.97. The first-order valence-corrected chi connectivity index (χ1v) is 9.11. The molecule has 2 atom stereocenters. The van der Waals surface area contributed by atoms with Crippen LogP contribution in [0.25, 0.3) is 0 Å². The van der Waals surface area contributed by atoms with Crippen LogP contribution in [0.4, 0.5) is 4.39 Å². The van der Waals surface area contributed by atoms with Gasteiger partial charge < -0.3 is 9.84 Å². The van der Waals surface area contributed by atoms with E-state index in [9.17, 15) is 24.3 Å². The molecule has 0 aliphatic carbocycles. The summed E-state index contributed by atoms with van der Waals surface area (Å²) in [5.74, 6) is -1.15. The maximum atomic E-state index is 13.1. The summed E-state index contributed by atoms with van der Waals surface area (Å²) < 4.78 is 19.8. The van der Waals surface area contributed by atoms with Crippen molar-refractivity contribution in [2.24, 2.45) is 0 Å². The van der Waals surface area contributed by atoms with Crippen molar-refractivity contribution in [3.05, 3.63) is 57.1 Å². The molecule has 0 saturated carbocycles. The summed E-state index contributed by atoms with van der Waals surface area (Å²) in [5.41, 5.74) is -0.796. The summed E-state index contributed by atoms with van der Waals surface area (Å²) in [5, 5.41) is 20.1. The Balaban J connectivity index is 2.58. The second kappa shape index (κ2) is 8.70. The van der Waals surface area contributed by atoms with Gasteiger partial charge in [0.05, 0.1) is 5.56 Å². The number of carbonyl (C=O) groups excluding carboxylic acids is 1. The number of hydrogen-bond donors (Lipinski definition) is 1. The van der Waals surface area contributed by atoms with Gasteiger partial charge in [-0.3, -0.25) is 14.2 Å². The summed E-state index contributed by atoms with van der Waals surface area (Å²) >= 11 is 0. The minimum atomic E-state index is -0.968. The molecule has 0 aliphatic heterocycles. The molecule has 0 radical (unpaired) electrons. The number of aromatic nitrogens is 1. The lowest BCUT2D eigenvalue weighted by molar-refractivity contribution is 0.0780. The van der Waals surface area contributed by atoms with E-state index in [0.29, 0.717) is 12.2 Å². The maximum Gasteiger partial charge on any atom is 0.271 e. The van der Waals surface area contributed by atoms with Crippen molar-refractivity contribution in [1.29, 1.82) is 5.26 Å². The van der Waals surface area contributed by atoms with Crippen LogP contribution in [0.5, 0.6) is 11.6 Å². The average molecular weight is 386 g/mol. The van der Waals surface area contributed by atoms with E-state index < -0.39 is 35.2 Å². The highest BCUT2D eigenvalue weighted by Crippen LogP contribution is 2.28. The van der Waals surface area contributed by atoms with Crippen LogP contribution in [0.2, 0.25) is 0 Å². The highest BCUT2D eigenvalue weighted by molar-refractivity contribution is 6.03. The van der Waals surface area contributed by atoms with Crippen molar-refractivity contribution in [2.45, 2.75) is 52.7 Å². The molecule has 0 bridgehead atoms. The monoisotopic (exact) mass is 386 g/mol. The number of hydrogen-bond acceptors (Lipinski definition) is 5. The lowest BCUT2D eigenvalue weighted by Gasteiger charge is -2.22. The van der Waals surface area contributed by atoms with E-state index >= 15 is 0 Å². The fourth-order valence-electron chi connectivity index (χ4n) is 2.97. The second-order valence-corrected chi connectivity index (χ2v) is 6.58. The van der Waals surface area contributed by atoms with Gasteiger partial charge in [0.15, 0.2) is 6.10 Å². The Hall–Kier alpha value is -3.14. The molecule has 1 heterocycles. The molecule has 2 aromatic rings. The van der Waals surface area contributed by atoms with Crippen molar-refractivity contribution >= 4 is 5.78 Å². The summed E-state index contributed by atoms with van der Waals surface area (Å²) in [6.07, 6.45) is -0.165. The van der Waals surface area contributed by atoms with Gasteiger partial charge in [0.25, 0.3) is 5.56 Å². The van der Waals surface area contributed by atoms with Crippen molar-refractivity contribution in [3.8, 4) is 17.7 Å². The van der Waals surface area contributed by atoms with Gasteiger partial charge in [-0.15, -0.1) is 0 Å². The number of halogens is 1. The first-order valence-electron chi connectivity index (χ1n) is 9.11. The van der Waals surface area contributed by atoms with E-state index in [2.05, 4.69) is 0 Å². The maximum absolute atomic E-state index is 13.1. The highest BCUT2D eigenvalue weighted by atomic mass is 19.1. The number of nitrogens with zero attached hydrogens (tertiary/aromatic N) is 2. The molecule has 6 nitrogen and oxygen atoms in total. The Morgan fingerprint density at radius 3 is 2.39 bits per heavy atom. The molecular formula is C21H23FN2O4. The zero-order valence-electron chi connectivity index (χ0n) is 16.3. The molecule has 0 amide bonds. The summed E-state index contributed by atoms with van der Waals surface area (Å²) in [6.45, 7) is 6.74. The van der Waals surface area contributed by atoms with E-state index in [1.807, 2.05) is 13.0 Å². The minimum absolute atomic E-state index is 0.106. The predicted molar refractivity (Wildman–Crippen MR) is 102 cm³/mol. The van der Waals surface area contributed by atoms with Crippen LogP contribution in [-0.4, -0.2) is 21.6 Å². The Morgan fingerprint density at radius 1 is 1.29 bits per heavy atom. The standard InChI is InChI=1S/C21H23FN2O4/c1-5-12(3)24-20(26)16(11-23)13(4)18(21(24)27)19(25)17(6-2)28-15-9-7-14(22)8-10-15/h7-10,12,17,27H,5-6H2,1-4H3. The lowest BCUT2D eigenvalue weighted by atomic mass is 9.97. The quantitative estimate of drug-likeness (QED) is 0.729. The zero-order chi connectivity index (χ0) is 21.0. The second-order valence-electron chi connectivity index (χ2n) is 6.58. The normalized spacial score (nSPS) is 12.9. The third-order valence-corrected chi connectivity index (χ3v) is 4.78. The Bertz CT molecular complexity index is 974. The Labute approximate surface area is 162 Å². The van der Waals surface area contributed by atoms with E-state index in [1.54, 1.807) is 13.8 Å². The Kier molecular flexibility index (Phi) is 6.57. The summed E-state index contributed by atoms with van der Waals surface area (Å²) in [7, 11) is 0. The van der Waals surface area contributed by atoms with Gasteiger partial charge in [-0.25, -0.2) is 4.39 Å². The third-order valence-electron chi connectivity index (χ3n) is 4.78. The van der Waals surface area contributed by atoms with E-state index in [0.717, 1.165) is 4.57 Å². The van der Waals surface area contributed by atoms with Gasteiger partial charge in [0, 0.05) is 6.04 Å². The average Bonchev–Trinajstić information content (AvgIpc) is 2.67. The van der Waals surface area contributed by atoms with Crippen LogP contribution in [0.1, 0.15) is 61.1 Å². The van der Waals surface area contributed by atoms with Crippen LogP contribution >= 0.6 is 0 Å². The fraction of sp³-hybridized carbons (Fsp3) is 0.381. The number of benzene rings is 1. The number of nitriles is 1. The van der Waals surface area contributed by atoms with Crippen LogP contribution in [0.3, 0.4) is 0 Å². The van der Waals surface area contributed by atoms with E-state index in [-0.39, 0.29) is 23.1 Å². The molecule has 2 unspecified atom stereocenters. The molecule has 0 fully saturated rings. The van der Waals surface area contributed by atoms with Crippen LogP contribution < -0.4 is 10.3 Å².